The molecule has 1 unspecified atom stereocenters. The summed E-state index contributed by atoms with van der Waals surface area (Å²) in [6, 6.07) is 10.5. The molecule has 0 fully saturated rings. The number of esters is 1. The lowest BCUT2D eigenvalue weighted by Gasteiger charge is -2.13. The maximum absolute atomic E-state index is 12.5. The molecular formula is C20H21N3O3. The number of benzene rings is 2. The minimum Gasteiger partial charge on any atom is -0.451 e. The van der Waals surface area contributed by atoms with Crippen molar-refractivity contribution in [2.24, 2.45) is 0 Å². The SMILES string of the molecule is CCn1nnc2cc(C(=O)OC(C)C(=O)c3ccc(C)c(C)c3)ccc21. The van der Waals surface area contributed by atoms with Gasteiger partial charge in [0.1, 0.15) is 5.52 Å². The van der Waals surface area contributed by atoms with Crippen molar-refractivity contribution in [2.45, 2.75) is 40.3 Å². The first kappa shape index (κ1) is 17.8. The molecule has 1 atom stereocenters. The molecule has 0 N–H and O–H groups in total. The van der Waals surface area contributed by atoms with Crippen LogP contribution in [0.1, 0.15) is 45.7 Å². The number of nitrogens with zero attached hydrogens (tertiary/aromatic N) is 3. The highest BCUT2D eigenvalue weighted by molar-refractivity contribution is 6.02. The van der Waals surface area contributed by atoms with Gasteiger partial charge >= 0.3 is 5.97 Å². The largest absolute Gasteiger partial charge is 0.451 e. The molecule has 0 amide bonds. The van der Waals surface area contributed by atoms with Gasteiger partial charge in [-0.15, -0.1) is 5.10 Å². The molecule has 134 valence electrons. The Kier molecular flexibility index (Phi) is 4.84. The maximum atomic E-state index is 12.5. The highest BCUT2D eigenvalue weighted by atomic mass is 16.5. The van der Waals surface area contributed by atoms with E-state index in [2.05, 4.69) is 10.3 Å². The van der Waals surface area contributed by atoms with E-state index in [1.807, 2.05) is 32.9 Å². The summed E-state index contributed by atoms with van der Waals surface area (Å²) in [5, 5.41) is 8.07. The van der Waals surface area contributed by atoms with Gasteiger partial charge in [0.2, 0.25) is 5.78 Å². The van der Waals surface area contributed by atoms with Crippen LogP contribution >= 0.6 is 0 Å². The van der Waals surface area contributed by atoms with Crippen LogP contribution in [0.2, 0.25) is 0 Å². The molecule has 0 saturated carbocycles. The Morgan fingerprint density at radius 1 is 1.08 bits per heavy atom. The fourth-order valence-electron chi connectivity index (χ4n) is 2.74. The van der Waals surface area contributed by atoms with E-state index in [0.29, 0.717) is 23.2 Å². The Hall–Kier alpha value is -3.02. The lowest BCUT2D eigenvalue weighted by molar-refractivity contribution is 0.0319. The first-order valence-corrected chi connectivity index (χ1v) is 8.56. The molecule has 1 aromatic heterocycles. The van der Waals surface area contributed by atoms with Gasteiger partial charge in [-0.05, 0) is 63.1 Å². The highest BCUT2D eigenvalue weighted by Gasteiger charge is 2.21. The number of carbonyl (C=O) groups is 2. The van der Waals surface area contributed by atoms with Crippen LogP contribution in [0, 0.1) is 13.8 Å². The molecular weight excluding hydrogens is 330 g/mol. The Morgan fingerprint density at radius 3 is 2.50 bits per heavy atom. The third-order valence-electron chi connectivity index (χ3n) is 4.49. The number of ketones is 1. The van der Waals surface area contributed by atoms with Gasteiger partial charge < -0.3 is 4.74 Å². The average Bonchev–Trinajstić information content (AvgIpc) is 3.05. The van der Waals surface area contributed by atoms with Crippen molar-refractivity contribution in [1.82, 2.24) is 15.0 Å². The lowest BCUT2D eigenvalue weighted by Crippen LogP contribution is -2.24. The summed E-state index contributed by atoms with van der Waals surface area (Å²) >= 11 is 0. The van der Waals surface area contributed by atoms with E-state index in [-0.39, 0.29) is 5.78 Å². The van der Waals surface area contributed by atoms with Crippen molar-refractivity contribution in [3.05, 3.63) is 58.7 Å². The number of aryl methyl sites for hydroxylation is 3. The van der Waals surface area contributed by atoms with E-state index in [9.17, 15) is 9.59 Å². The third kappa shape index (κ3) is 3.35. The second kappa shape index (κ2) is 7.07. The molecule has 6 nitrogen and oxygen atoms in total. The van der Waals surface area contributed by atoms with Gasteiger partial charge in [0.25, 0.3) is 0 Å². The van der Waals surface area contributed by atoms with Crippen LogP contribution in [0.15, 0.2) is 36.4 Å². The molecule has 6 heteroatoms. The molecule has 2 aromatic carbocycles. The van der Waals surface area contributed by atoms with Gasteiger partial charge in [-0.3, -0.25) is 4.79 Å². The van der Waals surface area contributed by atoms with Crippen LogP contribution in [0.25, 0.3) is 11.0 Å². The normalized spacial score (nSPS) is 12.2. The molecule has 0 bridgehead atoms. The molecule has 0 aliphatic heterocycles. The number of hydrogen-bond acceptors (Lipinski definition) is 5. The van der Waals surface area contributed by atoms with Gasteiger partial charge in [0.05, 0.1) is 11.1 Å². The summed E-state index contributed by atoms with van der Waals surface area (Å²) in [7, 11) is 0. The van der Waals surface area contributed by atoms with Gasteiger partial charge in [0.15, 0.2) is 6.10 Å². The monoisotopic (exact) mass is 351 g/mol. The Balaban J connectivity index is 1.76. The predicted octanol–water partition coefficient (Wildman–Crippen LogP) is 3.50. The molecule has 0 radical (unpaired) electrons. The fourth-order valence-corrected chi connectivity index (χ4v) is 2.74. The number of aromatic nitrogens is 3. The van der Waals surface area contributed by atoms with Crippen LogP contribution in [-0.4, -0.2) is 32.9 Å². The molecule has 0 aliphatic carbocycles. The molecule has 3 rings (SSSR count). The average molecular weight is 351 g/mol. The standard InChI is InChI=1S/C20H21N3O3/c1-5-23-18-9-8-16(11-17(18)21-22-23)20(25)26-14(4)19(24)15-7-6-12(2)13(3)10-15/h6-11,14H,5H2,1-4H3. The first-order valence-electron chi connectivity index (χ1n) is 8.56. The van der Waals surface area contributed by atoms with E-state index in [0.717, 1.165) is 16.6 Å². The van der Waals surface area contributed by atoms with Crippen molar-refractivity contribution in [1.29, 1.82) is 0 Å². The Bertz CT molecular complexity index is 991. The van der Waals surface area contributed by atoms with Crippen LogP contribution in [0.3, 0.4) is 0 Å². The van der Waals surface area contributed by atoms with Crippen LogP contribution in [0.5, 0.6) is 0 Å². The number of carbonyl (C=O) groups excluding carboxylic acids is 2. The summed E-state index contributed by atoms with van der Waals surface area (Å²) in [6.45, 7) is 8.18. The summed E-state index contributed by atoms with van der Waals surface area (Å²) in [5.74, 6) is -0.776. The topological polar surface area (TPSA) is 74.1 Å². The molecule has 3 aromatic rings. The highest BCUT2D eigenvalue weighted by Crippen LogP contribution is 2.17. The van der Waals surface area contributed by atoms with Gasteiger partial charge in [0, 0.05) is 12.1 Å². The fraction of sp³-hybridized carbons (Fsp3) is 0.300. The van der Waals surface area contributed by atoms with Gasteiger partial charge in [-0.1, -0.05) is 17.3 Å². The van der Waals surface area contributed by atoms with Crippen LogP contribution in [0.4, 0.5) is 0 Å². The number of fused-ring (bicyclic) bond motifs is 1. The minimum absolute atomic E-state index is 0.223. The van der Waals surface area contributed by atoms with Crippen LogP contribution in [-0.2, 0) is 11.3 Å². The van der Waals surface area contributed by atoms with Gasteiger partial charge in [-0.2, -0.15) is 0 Å². The smallest absolute Gasteiger partial charge is 0.338 e. The van der Waals surface area contributed by atoms with Crippen molar-refractivity contribution in [3.8, 4) is 0 Å². The lowest BCUT2D eigenvalue weighted by atomic mass is 10.0. The number of rotatable bonds is 5. The quantitative estimate of drug-likeness (QED) is 0.519. The van der Waals surface area contributed by atoms with Crippen molar-refractivity contribution in [3.63, 3.8) is 0 Å². The van der Waals surface area contributed by atoms with Crippen LogP contribution < -0.4 is 0 Å². The van der Waals surface area contributed by atoms with Crippen molar-refractivity contribution >= 4 is 22.8 Å². The molecule has 1 heterocycles. The third-order valence-corrected chi connectivity index (χ3v) is 4.49. The summed E-state index contributed by atoms with van der Waals surface area (Å²) in [6.07, 6.45) is -0.869. The van der Waals surface area contributed by atoms with Crippen molar-refractivity contribution < 1.29 is 14.3 Å². The zero-order valence-electron chi connectivity index (χ0n) is 15.3. The second-order valence-electron chi connectivity index (χ2n) is 6.32. The molecule has 0 saturated heterocycles. The summed E-state index contributed by atoms with van der Waals surface area (Å²) in [4.78, 5) is 24.9. The maximum Gasteiger partial charge on any atom is 0.338 e. The van der Waals surface area contributed by atoms with E-state index in [1.165, 1.54) is 0 Å². The number of hydrogen-bond donors (Lipinski definition) is 0. The molecule has 0 spiro atoms. The van der Waals surface area contributed by atoms with E-state index in [4.69, 9.17) is 4.74 Å². The zero-order valence-corrected chi connectivity index (χ0v) is 15.3. The van der Waals surface area contributed by atoms with E-state index < -0.39 is 12.1 Å². The summed E-state index contributed by atoms with van der Waals surface area (Å²) in [5.41, 5.74) is 4.49. The Morgan fingerprint density at radius 2 is 1.81 bits per heavy atom. The number of ether oxygens (including phenoxy) is 1. The number of Topliss-reactive ketones (excluding diaryl/α,β-unsaturated/α-hetero) is 1. The predicted molar refractivity (Wildman–Crippen MR) is 98.3 cm³/mol. The first-order chi connectivity index (χ1) is 12.4. The molecule has 26 heavy (non-hydrogen) atoms. The minimum atomic E-state index is -0.869. The Labute approximate surface area is 151 Å². The van der Waals surface area contributed by atoms with E-state index in [1.54, 1.807) is 35.9 Å². The zero-order chi connectivity index (χ0) is 18.8. The summed E-state index contributed by atoms with van der Waals surface area (Å²) < 4.78 is 7.11. The second-order valence-corrected chi connectivity index (χ2v) is 6.32. The van der Waals surface area contributed by atoms with Gasteiger partial charge in [-0.25, -0.2) is 9.48 Å². The molecule has 0 aliphatic rings. The van der Waals surface area contributed by atoms with E-state index >= 15 is 0 Å². The van der Waals surface area contributed by atoms with Crippen molar-refractivity contribution in [2.75, 3.05) is 0 Å².